The van der Waals surface area contributed by atoms with Crippen LogP contribution in [0.2, 0.25) is 5.02 Å². The average Bonchev–Trinajstić information content (AvgIpc) is 3.24. The largest absolute Gasteiger partial charge is 0.339 e. The van der Waals surface area contributed by atoms with Gasteiger partial charge in [0.2, 0.25) is 11.7 Å². The Morgan fingerprint density at radius 3 is 2.27 bits per heavy atom. The molecule has 0 saturated carbocycles. The number of carbonyl (C=O) groups is 1. The Morgan fingerprint density at radius 2 is 1.67 bits per heavy atom. The zero-order chi connectivity index (χ0) is 21.3. The highest BCUT2D eigenvalue weighted by molar-refractivity contribution is 6.30. The first kappa shape index (κ1) is 20.6. The van der Waals surface area contributed by atoms with E-state index in [0.29, 0.717) is 29.8 Å². The molecular formula is C24H26ClN3O2. The Labute approximate surface area is 182 Å². The monoisotopic (exact) mass is 423 g/mol. The topological polar surface area (TPSA) is 59.2 Å². The van der Waals surface area contributed by atoms with Gasteiger partial charge in [0.1, 0.15) is 0 Å². The maximum Gasteiger partial charge on any atom is 0.253 e. The Bertz CT molecular complexity index is 1010. The standard InChI is InChI=1S/C24H26ClN3O2/c1-24(2,3)19-8-4-18(5-9-19)23(29)28-14-12-17(13-15-28)22-26-21(27-30-22)16-6-10-20(25)11-7-16/h4-11,17H,12-15H2,1-3H3. The van der Waals surface area contributed by atoms with Gasteiger partial charge in [-0.15, -0.1) is 0 Å². The average molecular weight is 424 g/mol. The molecule has 0 N–H and O–H groups in total. The predicted molar refractivity (Wildman–Crippen MR) is 118 cm³/mol. The minimum absolute atomic E-state index is 0.0782. The Balaban J connectivity index is 1.38. The second-order valence-corrected chi connectivity index (χ2v) is 9.29. The number of likely N-dealkylation sites (tertiary alicyclic amines) is 1. The molecule has 0 atom stereocenters. The first-order chi connectivity index (χ1) is 14.3. The van der Waals surface area contributed by atoms with E-state index in [0.717, 1.165) is 24.0 Å². The van der Waals surface area contributed by atoms with Crippen LogP contribution in [0.25, 0.3) is 11.4 Å². The van der Waals surface area contributed by atoms with E-state index in [1.165, 1.54) is 5.56 Å². The van der Waals surface area contributed by atoms with Crippen LogP contribution in [-0.4, -0.2) is 34.0 Å². The van der Waals surface area contributed by atoms with E-state index in [2.05, 4.69) is 43.0 Å². The number of benzene rings is 2. The van der Waals surface area contributed by atoms with Gasteiger partial charge in [-0.25, -0.2) is 0 Å². The van der Waals surface area contributed by atoms with Crippen molar-refractivity contribution in [3.8, 4) is 11.4 Å². The van der Waals surface area contributed by atoms with Gasteiger partial charge < -0.3 is 9.42 Å². The summed E-state index contributed by atoms with van der Waals surface area (Å²) < 4.78 is 5.52. The Morgan fingerprint density at radius 1 is 1.03 bits per heavy atom. The van der Waals surface area contributed by atoms with Gasteiger partial charge in [0.05, 0.1) is 0 Å². The summed E-state index contributed by atoms with van der Waals surface area (Å²) in [6, 6.07) is 15.4. The van der Waals surface area contributed by atoms with Crippen LogP contribution in [0.3, 0.4) is 0 Å². The zero-order valence-electron chi connectivity index (χ0n) is 17.6. The van der Waals surface area contributed by atoms with E-state index in [4.69, 9.17) is 16.1 Å². The summed E-state index contributed by atoms with van der Waals surface area (Å²) in [5.41, 5.74) is 2.92. The van der Waals surface area contributed by atoms with Crippen molar-refractivity contribution in [1.29, 1.82) is 0 Å². The van der Waals surface area contributed by atoms with Crippen molar-refractivity contribution < 1.29 is 9.32 Å². The van der Waals surface area contributed by atoms with E-state index < -0.39 is 0 Å². The summed E-state index contributed by atoms with van der Waals surface area (Å²) in [4.78, 5) is 19.4. The van der Waals surface area contributed by atoms with Crippen molar-refractivity contribution in [2.45, 2.75) is 44.9 Å². The van der Waals surface area contributed by atoms with Crippen LogP contribution in [0.1, 0.15) is 61.3 Å². The van der Waals surface area contributed by atoms with Crippen molar-refractivity contribution in [2.75, 3.05) is 13.1 Å². The van der Waals surface area contributed by atoms with Crippen LogP contribution in [0.4, 0.5) is 0 Å². The highest BCUT2D eigenvalue weighted by Gasteiger charge is 2.28. The lowest BCUT2D eigenvalue weighted by Gasteiger charge is -2.30. The summed E-state index contributed by atoms with van der Waals surface area (Å²) in [7, 11) is 0. The SMILES string of the molecule is CC(C)(C)c1ccc(C(=O)N2CCC(c3nc(-c4ccc(Cl)cc4)no3)CC2)cc1. The van der Waals surface area contributed by atoms with Crippen LogP contribution in [0.5, 0.6) is 0 Å². The highest BCUT2D eigenvalue weighted by atomic mass is 35.5. The number of hydrogen-bond donors (Lipinski definition) is 0. The van der Waals surface area contributed by atoms with Gasteiger partial charge in [0, 0.05) is 35.2 Å². The van der Waals surface area contributed by atoms with E-state index in [1.807, 2.05) is 41.3 Å². The summed E-state index contributed by atoms with van der Waals surface area (Å²) in [5, 5.41) is 4.78. The third-order valence-corrected chi connectivity index (χ3v) is 5.93. The van der Waals surface area contributed by atoms with Gasteiger partial charge in [-0.05, 0) is 60.2 Å². The number of halogens is 1. The van der Waals surface area contributed by atoms with Crippen LogP contribution in [-0.2, 0) is 5.41 Å². The second-order valence-electron chi connectivity index (χ2n) is 8.86. The fraction of sp³-hybridized carbons (Fsp3) is 0.375. The van der Waals surface area contributed by atoms with E-state index >= 15 is 0 Å². The second kappa shape index (κ2) is 8.23. The molecule has 1 saturated heterocycles. The zero-order valence-corrected chi connectivity index (χ0v) is 18.3. The van der Waals surface area contributed by atoms with Gasteiger partial charge in [0.25, 0.3) is 5.91 Å². The molecule has 0 bridgehead atoms. The lowest BCUT2D eigenvalue weighted by molar-refractivity contribution is 0.0704. The fourth-order valence-corrected chi connectivity index (χ4v) is 3.87. The van der Waals surface area contributed by atoms with Gasteiger partial charge in [-0.2, -0.15) is 4.98 Å². The van der Waals surface area contributed by atoms with Crippen LogP contribution in [0.15, 0.2) is 53.1 Å². The lowest BCUT2D eigenvalue weighted by Crippen LogP contribution is -2.38. The van der Waals surface area contributed by atoms with E-state index in [9.17, 15) is 4.79 Å². The first-order valence-electron chi connectivity index (χ1n) is 10.3. The molecule has 0 aliphatic carbocycles. The molecule has 1 amide bonds. The van der Waals surface area contributed by atoms with Crippen LogP contribution < -0.4 is 0 Å². The summed E-state index contributed by atoms with van der Waals surface area (Å²) in [6.07, 6.45) is 1.63. The van der Waals surface area contributed by atoms with Crippen molar-refractivity contribution in [3.63, 3.8) is 0 Å². The number of aromatic nitrogens is 2. The maximum atomic E-state index is 12.9. The van der Waals surface area contributed by atoms with Gasteiger partial charge >= 0.3 is 0 Å². The minimum atomic E-state index is 0.0782. The summed E-state index contributed by atoms with van der Waals surface area (Å²) in [5.74, 6) is 1.47. The minimum Gasteiger partial charge on any atom is -0.339 e. The molecule has 0 radical (unpaired) electrons. The number of hydrogen-bond acceptors (Lipinski definition) is 4. The summed E-state index contributed by atoms with van der Waals surface area (Å²) in [6.45, 7) is 7.88. The Hall–Kier alpha value is -2.66. The molecule has 1 fully saturated rings. The molecule has 0 unspecified atom stereocenters. The molecule has 1 aromatic heterocycles. The molecule has 156 valence electrons. The van der Waals surface area contributed by atoms with Gasteiger partial charge in [-0.3, -0.25) is 4.79 Å². The van der Waals surface area contributed by atoms with E-state index in [-0.39, 0.29) is 17.2 Å². The predicted octanol–water partition coefficient (Wildman–Crippen LogP) is 5.71. The molecule has 2 heterocycles. The molecule has 1 aliphatic rings. The molecular weight excluding hydrogens is 398 g/mol. The number of piperidine rings is 1. The lowest BCUT2D eigenvalue weighted by atomic mass is 9.86. The van der Waals surface area contributed by atoms with E-state index in [1.54, 1.807) is 0 Å². The number of rotatable bonds is 3. The van der Waals surface area contributed by atoms with Gasteiger partial charge in [0.15, 0.2) is 0 Å². The molecule has 1 aliphatic heterocycles. The first-order valence-corrected chi connectivity index (χ1v) is 10.7. The number of nitrogens with zero attached hydrogens (tertiary/aromatic N) is 3. The summed E-state index contributed by atoms with van der Waals surface area (Å²) >= 11 is 5.94. The normalized spacial score (nSPS) is 15.4. The quantitative estimate of drug-likeness (QED) is 0.541. The molecule has 5 nitrogen and oxygen atoms in total. The van der Waals surface area contributed by atoms with Crippen molar-refractivity contribution in [2.24, 2.45) is 0 Å². The molecule has 0 spiro atoms. The number of amides is 1. The molecule has 2 aromatic carbocycles. The highest BCUT2D eigenvalue weighted by Crippen LogP contribution is 2.30. The van der Waals surface area contributed by atoms with Crippen molar-refractivity contribution >= 4 is 17.5 Å². The van der Waals surface area contributed by atoms with Crippen molar-refractivity contribution in [1.82, 2.24) is 15.0 Å². The molecule has 30 heavy (non-hydrogen) atoms. The molecule has 6 heteroatoms. The number of carbonyl (C=O) groups excluding carboxylic acids is 1. The van der Waals surface area contributed by atoms with Crippen LogP contribution >= 0.6 is 11.6 Å². The van der Waals surface area contributed by atoms with Crippen LogP contribution in [0, 0.1) is 0 Å². The molecule has 3 aromatic rings. The third-order valence-electron chi connectivity index (χ3n) is 5.67. The fourth-order valence-electron chi connectivity index (χ4n) is 3.74. The van der Waals surface area contributed by atoms with Crippen molar-refractivity contribution in [3.05, 3.63) is 70.6 Å². The maximum absolute atomic E-state index is 12.9. The third kappa shape index (κ3) is 4.41. The smallest absolute Gasteiger partial charge is 0.253 e. The van der Waals surface area contributed by atoms with Gasteiger partial charge in [-0.1, -0.05) is 49.7 Å². The molecule has 4 rings (SSSR count). The Kier molecular flexibility index (Phi) is 5.65.